The van der Waals surface area contributed by atoms with Crippen LogP contribution in [0.1, 0.15) is 38.2 Å². The minimum absolute atomic E-state index is 0.776. The summed E-state index contributed by atoms with van der Waals surface area (Å²) in [5.74, 6) is 3.62. The molecule has 1 unspecified atom stereocenters. The highest BCUT2D eigenvalue weighted by Gasteiger charge is 2.33. The van der Waals surface area contributed by atoms with Gasteiger partial charge in [0.05, 0.1) is 0 Å². The lowest BCUT2D eigenvalue weighted by molar-refractivity contribution is 0.292. The van der Waals surface area contributed by atoms with Crippen LogP contribution in [-0.4, -0.2) is 46.1 Å². The van der Waals surface area contributed by atoms with Gasteiger partial charge in [0.2, 0.25) is 5.95 Å². The van der Waals surface area contributed by atoms with E-state index in [1.54, 1.807) is 6.33 Å². The summed E-state index contributed by atoms with van der Waals surface area (Å²) in [5.41, 5.74) is 1.30. The maximum atomic E-state index is 4.60. The van der Waals surface area contributed by atoms with E-state index in [1.165, 1.54) is 30.6 Å². The van der Waals surface area contributed by atoms with Crippen molar-refractivity contribution in [2.75, 3.05) is 36.0 Å². The summed E-state index contributed by atoms with van der Waals surface area (Å²) < 4.78 is 0. The van der Waals surface area contributed by atoms with Gasteiger partial charge < -0.3 is 9.80 Å². The van der Waals surface area contributed by atoms with Gasteiger partial charge in [0, 0.05) is 50.3 Å². The molecule has 138 valence electrons. The van der Waals surface area contributed by atoms with Crippen molar-refractivity contribution in [1.29, 1.82) is 0 Å². The fourth-order valence-electron chi connectivity index (χ4n) is 4.47. The fourth-order valence-corrected chi connectivity index (χ4v) is 4.47. The smallest absolute Gasteiger partial charge is 0.225 e. The number of aromatic nitrogens is 4. The molecule has 0 saturated carbocycles. The van der Waals surface area contributed by atoms with Crippen molar-refractivity contribution < 1.29 is 0 Å². The lowest BCUT2D eigenvalue weighted by Crippen LogP contribution is -2.37. The van der Waals surface area contributed by atoms with Gasteiger partial charge in [-0.05, 0) is 43.6 Å². The summed E-state index contributed by atoms with van der Waals surface area (Å²) in [4.78, 5) is 22.4. The first-order valence-electron chi connectivity index (χ1n) is 9.91. The maximum Gasteiger partial charge on any atom is 0.225 e. The number of rotatable bonds is 5. The Morgan fingerprint density at radius 2 is 1.69 bits per heavy atom. The summed E-state index contributed by atoms with van der Waals surface area (Å²) in [6.45, 7) is 6.62. The van der Waals surface area contributed by atoms with E-state index in [-0.39, 0.29) is 0 Å². The average molecular weight is 352 g/mol. The molecule has 0 N–H and O–H groups in total. The number of piperidine rings is 1. The van der Waals surface area contributed by atoms with Crippen LogP contribution in [-0.2, 0) is 6.42 Å². The third-order valence-corrected chi connectivity index (χ3v) is 5.85. The monoisotopic (exact) mass is 352 g/mol. The van der Waals surface area contributed by atoms with Crippen LogP contribution < -0.4 is 9.80 Å². The van der Waals surface area contributed by atoms with Crippen LogP contribution in [0.5, 0.6) is 0 Å². The zero-order valence-corrected chi connectivity index (χ0v) is 15.6. The standard InChI is InChI=1S/C20H28N6/c1-2-4-17-13-21-15-24-19(17)26-12-7-18(14-26)16-5-10-25(11-6-16)20-22-8-3-9-23-20/h3,8-9,13,15-16,18H,2,4-7,10-12,14H2,1H3. The van der Waals surface area contributed by atoms with Crippen LogP contribution in [0.3, 0.4) is 0 Å². The quantitative estimate of drug-likeness (QED) is 0.824. The Hall–Kier alpha value is -2.24. The number of hydrogen-bond acceptors (Lipinski definition) is 6. The summed E-state index contributed by atoms with van der Waals surface area (Å²) in [7, 11) is 0. The second-order valence-corrected chi connectivity index (χ2v) is 7.49. The fraction of sp³-hybridized carbons (Fsp3) is 0.600. The van der Waals surface area contributed by atoms with E-state index in [0.717, 1.165) is 56.8 Å². The van der Waals surface area contributed by atoms with Gasteiger partial charge in [0.1, 0.15) is 12.1 Å². The van der Waals surface area contributed by atoms with Crippen molar-refractivity contribution in [3.63, 3.8) is 0 Å². The molecule has 0 aliphatic carbocycles. The van der Waals surface area contributed by atoms with Gasteiger partial charge >= 0.3 is 0 Å². The Kier molecular flexibility index (Phi) is 5.27. The third kappa shape index (κ3) is 3.64. The first-order chi connectivity index (χ1) is 12.8. The number of nitrogens with zero attached hydrogens (tertiary/aromatic N) is 6. The van der Waals surface area contributed by atoms with E-state index in [4.69, 9.17) is 0 Å². The normalized spacial score (nSPS) is 21.3. The lowest BCUT2D eigenvalue weighted by Gasteiger charge is -2.34. The molecule has 2 aromatic heterocycles. The first-order valence-corrected chi connectivity index (χ1v) is 9.91. The van der Waals surface area contributed by atoms with Crippen molar-refractivity contribution >= 4 is 11.8 Å². The van der Waals surface area contributed by atoms with Gasteiger partial charge in [0.25, 0.3) is 0 Å². The van der Waals surface area contributed by atoms with Crippen molar-refractivity contribution in [2.24, 2.45) is 11.8 Å². The minimum atomic E-state index is 0.776. The summed E-state index contributed by atoms with van der Waals surface area (Å²) in [6.07, 6.45) is 13.3. The molecular weight excluding hydrogens is 324 g/mol. The van der Waals surface area contributed by atoms with E-state index in [0.29, 0.717) is 0 Å². The summed E-state index contributed by atoms with van der Waals surface area (Å²) in [6, 6.07) is 1.88. The lowest BCUT2D eigenvalue weighted by atomic mass is 9.84. The van der Waals surface area contributed by atoms with Gasteiger partial charge in [-0.15, -0.1) is 0 Å². The topological polar surface area (TPSA) is 58.0 Å². The van der Waals surface area contributed by atoms with E-state index >= 15 is 0 Å². The van der Waals surface area contributed by atoms with E-state index < -0.39 is 0 Å². The molecule has 2 aromatic rings. The van der Waals surface area contributed by atoms with Crippen molar-refractivity contribution in [1.82, 2.24) is 19.9 Å². The maximum absolute atomic E-state index is 4.60. The second kappa shape index (κ2) is 7.98. The van der Waals surface area contributed by atoms with Crippen LogP contribution in [0.2, 0.25) is 0 Å². The highest BCUT2D eigenvalue weighted by atomic mass is 15.3. The Bertz CT molecular complexity index is 698. The van der Waals surface area contributed by atoms with Gasteiger partial charge in [-0.25, -0.2) is 19.9 Å². The largest absolute Gasteiger partial charge is 0.356 e. The SMILES string of the molecule is CCCc1cncnc1N1CCC(C2CCN(c3ncccn3)CC2)C1. The highest BCUT2D eigenvalue weighted by molar-refractivity contribution is 5.46. The van der Waals surface area contributed by atoms with Gasteiger partial charge in [-0.2, -0.15) is 0 Å². The molecule has 6 nitrogen and oxygen atoms in total. The molecule has 0 aromatic carbocycles. The van der Waals surface area contributed by atoms with Crippen LogP contribution in [0, 0.1) is 11.8 Å². The zero-order valence-electron chi connectivity index (χ0n) is 15.6. The summed E-state index contributed by atoms with van der Waals surface area (Å²) in [5, 5.41) is 0. The summed E-state index contributed by atoms with van der Waals surface area (Å²) >= 11 is 0. The third-order valence-electron chi connectivity index (χ3n) is 5.85. The molecular formula is C20H28N6. The highest BCUT2D eigenvalue weighted by Crippen LogP contribution is 2.34. The molecule has 2 aliphatic heterocycles. The molecule has 0 radical (unpaired) electrons. The molecule has 0 bridgehead atoms. The van der Waals surface area contributed by atoms with Crippen LogP contribution in [0.4, 0.5) is 11.8 Å². The zero-order chi connectivity index (χ0) is 17.8. The number of anilines is 2. The van der Waals surface area contributed by atoms with E-state index in [9.17, 15) is 0 Å². The molecule has 6 heteroatoms. The first kappa shape index (κ1) is 17.2. The molecule has 2 fully saturated rings. The molecule has 4 rings (SSSR count). The number of hydrogen-bond donors (Lipinski definition) is 0. The van der Waals surface area contributed by atoms with Crippen molar-refractivity contribution in [3.8, 4) is 0 Å². The Morgan fingerprint density at radius 3 is 2.46 bits per heavy atom. The van der Waals surface area contributed by atoms with Crippen LogP contribution in [0.15, 0.2) is 31.0 Å². The average Bonchev–Trinajstić information content (AvgIpc) is 3.20. The minimum Gasteiger partial charge on any atom is -0.356 e. The Balaban J connectivity index is 1.35. The van der Waals surface area contributed by atoms with Crippen LogP contribution >= 0.6 is 0 Å². The Labute approximate surface area is 155 Å². The molecule has 26 heavy (non-hydrogen) atoms. The van der Waals surface area contributed by atoms with E-state index in [2.05, 4.69) is 36.7 Å². The number of aryl methyl sites for hydroxylation is 1. The van der Waals surface area contributed by atoms with Crippen molar-refractivity contribution in [2.45, 2.75) is 39.0 Å². The molecule has 4 heterocycles. The molecule has 1 atom stereocenters. The van der Waals surface area contributed by atoms with Gasteiger partial charge in [-0.3, -0.25) is 0 Å². The van der Waals surface area contributed by atoms with E-state index in [1.807, 2.05) is 24.7 Å². The molecule has 2 aliphatic rings. The molecule has 0 spiro atoms. The van der Waals surface area contributed by atoms with Crippen molar-refractivity contribution in [3.05, 3.63) is 36.5 Å². The Morgan fingerprint density at radius 1 is 0.962 bits per heavy atom. The molecule has 0 amide bonds. The second-order valence-electron chi connectivity index (χ2n) is 7.49. The predicted octanol–water partition coefficient (Wildman–Crippen LogP) is 2.96. The van der Waals surface area contributed by atoms with Crippen LogP contribution in [0.25, 0.3) is 0 Å². The predicted molar refractivity (Wildman–Crippen MR) is 103 cm³/mol. The van der Waals surface area contributed by atoms with Gasteiger partial charge in [0.15, 0.2) is 0 Å². The molecule has 2 saturated heterocycles. The van der Waals surface area contributed by atoms with Gasteiger partial charge in [-0.1, -0.05) is 13.3 Å².